The number of rotatable bonds is 4. The molecule has 5 nitrogen and oxygen atoms in total. The van der Waals surface area contributed by atoms with Gasteiger partial charge in [0.25, 0.3) is 0 Å². The van der Waals surface area contributed by atoms with Crippen LogP contribution in [-0.4, -0.2) is 35.1 Å². The molecule has 3 aliphatic rings. The van der Waals surface area contributed by atoms with Crippen LogP contribution in [0.4, 0.5) is 0 Å². The van der Waals surface area contributed by atoms with Gasteiger partial charge in [-0.05, 0) is 38.0 Å². The Morgan fingerprint density at radius 1 is 1.35 bits per heavy atom. The molecule has 0 aromatic rings. The van der Waals surface area contributed by atoms with Crippen LogP contribution in [0, 0.1) is 23.7 Å². The zero-order chi connectivity index (χ0) is 14.4. The Bertz CT molecular complexity index is 423. The van der Waals surface area contributed by atoms with E-state index in [0.717, 1.165) is 12.3 Å². The highest BCUT2D eigenvalue weighted by molar-refractivity contribution is 5.90. The molecule has 20 heavy (non-hydrogen) atoms. The van der Waals surface area contributed by atoms with Gasteiger partial charge in [0.15, 0.2) is 0 Å². The maximum Gasteiger partial charge on any atom is 0.228 e. The van der Waals surface area contributed by atoms with Gasteiger partial charge in [0.1, 0.15) is 0 Å². The monoisotopic (exact) mass is 280 g/mol. The zero-order valence-corrected chi connectivity index (χ0v) is 12.1. The second kappa shape index (κ2) is 5.02. The molecule has 2 bridgehead atoms. The van der Waals surface area contributed by atoms with Crippen molar-refractivity contribution in [2.75, 3.05) is 0 Å². The first-order valence-corrected chi connectivity index (χ1v) is 7.76. The van der Waals surface area contributed by atoms with Gasteiger partial charge in [-0.3, -0.25) is 9.59 Å². The summed E-state index contributed by atoms with van der Waals surface area (Å²) in [6.45, 7) is 3.44. The lowest BCUT2D eigenvalue weighted by molar-refractivity contribution is -0.145. The van der Waals surface area contributed by atoms with Crippen molar-refractivity contribution in [1.29, 1.82) is 0 Å². The molecule has 3 fully saturated rings. The van der Waals surface area contributed by atoms with Gasteiger partial charge >= 0.3 is 0 Å². The van der Waals surface area contributed by atoms with Crippen molar-refractivity contribution >= 4 is 11.8 Å². The molecule has 112 valence electrons. The maximum absolute atomic E-state index is 12.3. The van der Waals surface area contributed by atoms with Crippen LogP contribution in [0.15, 0.2) is 0 Å². The van der Waals surface area contributed by atoms with Crippen molar-refractivity contribution in [1.82, 2.24) is 10.6 Å². The SMILES string of the molecule is C[C@@H](O)[C@H]1C(=O)N[C@@H]1[C@@H](C)C(=O)N[C@H]1C[C@@H]2CC[C@H]1C2. The number of aliphatic hydroxyl groups is 1. The average molecular weight is 280 g/mol. The Hall–Kier alpha value is -1.10. The van der Waals surface area contributed by atoms with E-state index in [1.807, 2.05) is 6.92 Å². The fourth-order valence-corrected chi connectivity index (χ4v) is 4.27. The third-order valence-electron chi connectivity index (χ3n) is 5.54. The minimum atomic E-state index is -0.702. The highest BCUT2D eigenvalue weighted by Gasteiger charge is 2.48. The number of carbonyl (C=O) groups excluding carboxylic acids is 2. The number of hydrogen-bond donors (Lipinski definition) is 3. The lowest BCUT2D eigenvalue weighted by atomic mass is 9.78. The first-order chi connectivity index (χ1) is 9.47. The van der Waals surface area contributed by atoms with E-state index in [1.54, 1.807) is 6.92 Å². The number of amides is 2. The summed E-state index contributed by atoms with van der Waals surface area (Å²) in [6.07, 6.45) is 4.22. The number of carbonyl (C=O) groups is 2. The van der Waals surface area contributed by atoms with Gasteiger partial charge in [-0.1, -0.05) is 13.3 Å². The van der Waals surface area contributed by atoms with E-state index in [-0.39, 0.29) is 23.8 Å². The van der Waals surface area contributed by atoms with Gasteiger partial charge in [0, 0.05) is 6.04 Å². The number of β-lactam (4-membered cyclic amide) rings is 1. The molecule has 0 aromatic heterocycles. The maximum atomic E-state index is 12.3. The number of hydrogen-bond acceptors (Lipinski definition) is 3. The van der Waals surface area contributed by atoms with Gasteiger partial charge in [-0.25, -0.2) is 0 Å². The molecule has 7 atom stereocenters. The summed E-state index contributed by atoms with van der Waals surface area (Å²) >= 11 is 0. The Morgan fingerprint density at radius 2 is 2.10 bits per heavy atom. The minimum absolute atomic E-state index is 0.0122. The molecule has 0 unspecified atom stereocenters. The predicted octanol–water partition coefficient (Wildman–Crippen LogP) is 0.423. The summed E-state index contributed by atoms with van der Waals surface area (Å²) in [7, 11) is 0. The molecular formula is C15H24N2O3. The fraction of sp³-hybridized carbons (Fsp3) is 0.867. The third kappa shape index (κ3) is 2.22. The Morgan fingerprint density at radius 3 is 2.60 bits per heavy atom. The van der Waals surface area contributed by atoms with Gasteiger partial charge in [-0.2, -0.15) is 0 Å². The molecule has 1 saturated heterocycles. The van der Waals surface area contributed by atoms with E-state index >= 15 is 0 Å². The van der Waals surface area contributed by atoms with Gasteiger partial charge < -0.3 is 15.7 Å². The summed E-state index contributed by atoms with van der Waals surface area (Å²) in [6, 6.07) is 0.0885. The summed E-state index contributed by atoms with van der Waals surface area (Å²) in [5.74, 6) is 0.582. The molecule has 0 radical (unpaired) electrons. The molecule has 1 aliphatic heterocycles. The van der Waals surface area contributed by atoms with Crippen LogP contribution < -0.4 is 10.6 Å². The van der Waals surface area contributed by atoms with Crippen molar-refractivity contribution in [2.45, 2.75) is 57.7 Å². The quantitative estimate of drug-likeness (QED) is 0.653. The summed E-state index contributed by atoms with van der Waals surface area (Å²) in [4.78, 5) is 23.8. The largest absolute Gasteiger partial charge is 0.393 e. The number of nitrogens with one attached hydrogen (secondary N) is 2. The van der Waals surface area contributed by atoms with E-state index in [1.165, 1.54) is 19.3 Å². The van der Waals surface area contributed by atoms with Crippen LogP contribution in [0.5, 0.6) is 0 Å². The Kier molecular flexibility index (Phi) is 3.48. The standard InChI is InChI=1S/C15H24N2O3/c1-7(13-12(8(2)18)15(20)17-13)14(19)16-11-6-9-3-4-10(11)5-9/h7-13,18H,3-6H2,1-2H3,(H,16,19)(H,17,20)/t7-,8-,9-,10+,11+,12-,13-/m1/s1. The number of aliphatic hydroxyl groups excluding tert-OH is 1. The van der Waals surface area contributed by atoms with Gasteiger partial charge in [0.05, 0.1) is 24.0 Å². The van der Waals surface area contributed by atoms with E-state index in [0.29, 0.717) is 12.0 Å². The molecule has 1 heterocycles. The summed E-state index contributed by atoms with van der Waals surface area (Å²) in [5, 5.41) is 15.5. The van der Waals surface area contributed by atoms with Crippen LogP contribution in [0.3, 0.4) is 0 Å². The van der Waals surface area contributed by atoms with Crippen LogP contribution in [-0.2, 0) is 9.59 Å². The fourth-order valence-electron chi connectivity index (χ4n) is 4.27. The molecule has 2 saturated carbocycles. The smallest absolute Gasteiger partial charge is 0.228 e. The Balaban J connectivity index is 1.56. The summed E-state index contributed by atoms with van der Waals surface area (Å²) in [5.41, 5.74) is 0. The van der Waals surface area contributed by atoms with Crippen LogP contribution in [0.1, 0.15) is 39.5 Å². The first kappa shape index (κ1) is 13.9. The lowest BCUT2D eigenvalue weighted by Crippen LogP contribution is -2.66. The highest BCUT2D eigenvalue weighted by atomic mass is 16.3. The molecule has 0 aromatic carbocycles. The molecular weight excluding hydrogens is 256 g/mol. The molecule has 2 amide bonds. The van der Waals surface area contributed by atoms with Crippen LogP contribution >= 0.6 is 0 Å². The van der Waals surface area contributed by atoms with Crippen molar-refractivity contribution in [2.24, 2.45) is 23.7 Å². The van der Waals surface area contributed by atoms with E-state index in [2.05, 4.69) is 10.6 Å². The lowest BCUT2D eigenvalue weighted by Gasteiger charge is -2.41. The second-order valence-corrected chi connectivity index (χ2v) is 6.88. The van der Waals surface area contributed by atoms with Gasteiger partial charge in [-0.15, -0.1) is 0 Å². The minimum Gasteiger partial charge on any atom is -0.393 e. The van der Waals surface area contributed by atoms with Crippen molar-refractivity contribution in [3.8, 4) is 0 Å². The first-order valence-electron chi connectivity index (χ1n) is 7.76. The van der Waals surface area contributed by atoms with E-state index < -0.39 is 12.0 Å². The number of fused-ring (bicyclic) bond motifs is 2. The van der Waals surface area contributed by atoms with E-state index in [4.69, 9.17) is 0 Å². The zero-order valence-electron chi connectivity index (χ0n) is 12.1. The predicted molar refractivity (Wildman–Crippen MR) is 73.6 cm³/mol. The summed E-state index contributed by atoms with van der Waals surface area (Å²) < 4.78 is 0. The average Bonchev–Trinajstić information content (AvgIpc) is 2.96. The van der Waals surface area contributed by atoms with Gasteiger partial charge in [0.2, 0.25) is 11.8 Å². The second-order valence-electron chi connectivity index (χ2n) is 6.88. The molecule has 3 N–H and O–H groups in total. The third-order valence-corrected chi connectivity index (χ3v) is 5.54. The van der Waals surface area contributed by atoms with Crippen LogP contribution in [0.25, 0.3) is 0 Å². The molecule has 3 rings (SSSR count). The van der Waals surface area contributed by atoms with Crippen molar-refractivity contribution < 1.29 is 14.7 Å². The molecule has 5 heteroatoms. The van der Waals surface area contributed by atoms with Crippen LogP contribution in [0.2, 0.25) is 0 Å². The Labute approximate surface area is 119 Å². The highest BCUT2D eigenvalue weighted by Crippen LogP contribution is 2.44. The normalized spacial score (nSPS) is 41.8. The molecule has 0 spiro atoms. The topological polar surface area (TPSA) is 78.4 Å². The van der Waals surface area contributed by atoms with Crippen molar-refractivity contribution in [3.63, 3.8) is 0 Å². The molecule has 2 aliphatic carbocycles. The van der Waals surface area contributed by atoms with Crippen molar-refractivity contribution in [3.05, 3.63) is 0 Å². The van der Waals surface area contributed by atoms with E-state index in [9.17, 15) is 14.7 Å².